The number of hydrogen-bond acceptors (Lipinski definition) is 3. The summed E-state index contributed by atoms with van der Waals surface area (Å²) in [6, 6.07) is 15.7. The first-order valence-electron chi connectivity index (χ1n) is 8.85. The molecule has 0 atom stereocenters. The van der Waals surface area contributed by atoms with E-state index in [1.165, 1.54) is 6.92 Å². The van der Waals surface area contributed by atoms with Crippen LogP contribution in [0.3, 0.4) is 0 Å². The summed E-state index contributed by atoms with van der Waals surface area (Å²) >= 11 is 0. The lowest BCUT2D eigenvalue weighted by Gasteiger charge is -2.12. The molecule has 0 fully saturated rings. The van der Waals surface area contributed by atoms with Crippen LogP contribution in [0.25, 0.3) is 11.0 Å². The van der Waals surface area contributed by atoms with Gasteiger partial charge in [0.1, 0.15) is 11.3 Å². The Balaban J connectivity index is 1.59. The fourth-order valence-electron chi connectivity index (χ4n) is 2.93. The van der Waals surface area contributed by atoms with Crippen LogP contribution in [-0.2, 0) is 17.9 Å². The van der Waals surface area contributed by atoms with E-state index in [4.69, 9.17) is 4.42 Å². The summed E-state index contributed by atoms with van der Waals surface area (Å²) in [5.41, 5.74) is 3.85. The van der Waals surface area contributed by atoms with Crippen molar-refractivity contribution in [2.45, 2.75) is 26.9 Å². The van der Waals surface area contributed by atoms with E-state index < -0.39 is 0 Å². The van der Waals surface area contributed by atoms with E-state index in [0.717, 1.165) is 33.5 Å². The van der Waals surface area contributed by atoms with Gasteiger partial charge in [0.15, 0.2) is 5.96 Å². The summed E-state index contributed by atoms with van der Waals surface area (Å²) in [4.78, 5) is 15.4. The van der Waals surface area contributed by atoms with Crippen LogP contribution in [0.4, 0.5) is 5.69 Å². The molecule has 0 aliphatic rings. The minimum atomic E-state index is -0.0845. The van der Waals surface area contributed by atoms with Gasteiger partial charge in [-0.25, -0.2) is 0 Å². The Morgan fingerprint density at radius 1 is 1.07 bits per heavy atom. The number of carbonyl (C=O) groups is 1. The van der Waals surface area contributed by atoms with Gasteiger partial charge in [0.05, 0.1) is 6.54 Å². The van der Waals surface area contributed by atoms with Crippen molar-refractivity contribution < 1.29 is 9.21 Å². The van der Waals surface area contributed by atoms with E-state index in [1.807, 2.05) is 42.5 Å². The number of benzene rings is 2. The summed E-state index contributed by atoms with van der Waals surface area (Å²) in [6.45, 7) is 4.70. The van der Waals surface area contributed by atoms with Crippen molar-refractivity contribution in [3.05, 3.63) is 65.4 Å². The number of rotatable bonds is 5. The maximum Gasteiger partial charge on any atom is 0.221 e. The number of nitrogens with one attached hydrogen (secondary N) is 3. The summed E-state index contributed by atoms with van der Waals surface area (Å²) in [5.74, 6) is 1.49. The van der Waals surface area contributed by atoms with Crippen LogP contribution >= 0.6 is 0 Å². The number of carbonyl (C=O) groups excluding carboxylic acids is 1. The Morgan fingerprint density at radius 2 is 1.85 bits per heavy atom. The Labute approximate surface area is 158 Å². The molecule has 3 aromatic rings. The maximum absolute atomic E-state index is 11.2. The molecule has 2 aromatic carbocycles. The first-order valence-corrected chi connectivity index (χ1v) is 8.85. The summed E-state index contributed by atoms with van der Waals surface area (Å²) in [6.07, 6.45) is 0. The molecule has 0 radical (unpaired) electrons. The van der Waals surface area contributed by atoms with Crippen LogP contribution in [0.15, 0.2) is 57.9 Å². The second-order valence-corrected chi connectivity index (χ2v) is 6.31. The monoisotopic (exact) mass is 364 g/mol. The average molecular weight is 364 g/mol. The summed E-state index contributed by atoms with van der Waals surface area (Å²) < 4.78 is 5.92. The van der Waals surface area contributed by atoms with Gasteiger partial charge in [-0.15, -0.1) is 0 Å². The number of aliphatic imine (C=N–C) groups is 1. The molecule has 0 saturated heterocycles. The number of fused-ring (bicyclic) bond motifs is 1. The molecule has 1 amide bonds. The van der Waals surface area contributed by atoms with Crippen LogP contribution in [0.5, 0.6) is 0 Å². The second kappa shape index (κ2) is 8.40. The molecule has 27 heavy (non-hydrogen) atoms. The largest absolute Gasteiger partial charge is 0.459 e. The Bertz CT molecular complexity index is 975. The van der Waals surface area contributed by atoms with Crippen LogP contribution < -0.4 is 16.0 Å². The summed E-state index contributed by atoms with van der Waals surface area (Å²) in [5, 5.41) is 10.5. The zero-order valence-electron chi connectivity index (χ0n) is 15.8. The number of aryl methyl sites for hydroxylation is 1. The number of para-hydroxylation sites is 1. The molecular weight excluding hydrogens is 340 g/mol. The first kappa shape index (κ1) is 18.5. The van der Waals surface area contributed by atoms with E-state index in [0.29, 0.717) is 19.0 Å². The molecule has 6 heteroatoms. The Morgan fingerprint density at radius 3 is 2.59 bits per heavy atom. The van der Waals surface area contributed by atoms with Crippen molar-refractivity contribution in [3.8, 4) is 0 Å². The highest BCUT2D eigenvalue weighted by Crippen LogP contribution is 2.24. The fourth-order valence-corrected chi connectivity index (χ4v) is 2.93. The number of guanidine groups is 1. The molecule has 0 aliphatic carbocycles. The van der Waals surface area contributed by atoms with E-state index >= 15 is 0 Å². The van der Waals surface area contributed by atoms with Crippen molar-refractivity contribution in [2.75, 3.05) is 12.4 Å². The molecule has 1 aromatic heterocycles. The number of hydrogen-bond donors (Lipinski definition) is 3. The van der Waals surface area contributed by atoms with E-state index in [-0.39, 0.29) is 5.91 Å². The van der Waals surface area contributed by atoms with Crippen molar-refractivity contribution in [1.82, 2.24) is 10.6 Å². The minimum absolute atomic E-state index is 0.0845. The lowest BCUT2D eigenvalue weighted by Crippen LogP contribution is -2.36. The highest BCUT2D eigenvalue weighted by Gasteiger charge is 2.10. The van der Waals surface area contributed by atoms with Crippen molar-refractivity contribution in [2.24, 2.45) is 4.99 Å². The van der Waals surface area contributed by atoms with Gasteiger partial charge in [-0.05, 0) is 30.7 Å². The molecule has 3 N–H and O–H groups in total. The van der Waals surface area contributed by atoms with E-state index in [2.05, 4.69) is 33.9 Å². The van der Waals surface area contributed by atoms with Gasteiger partial charge >= 0.3 is 0 Å². The number of amides is 1. The molecule has 140 valence electrons. The van der Waals surface area contributed by atoms with Gasteiger partial charge in [-0.1, -0.05) is 30.3 Å². The number of anilines is 1. The highest BCUT2D eigenvalue weighted by molar-refractivity contribution is 5.88. The van der Waals surface area contributed by atoms with E-state index in [9.17, 15) is 4.79 Å². The molecule has 6 nitrogen and oxygen atoms in total. The van der Waals surface area contributed by atoms with Gasteiger partial charge in [-0.3, -0.25) is 9.79 Å². The van der Waals surface area contributed by atoms with E-state index in [1.54, 1.807) is 7.05 Å². The van der Waals surface area contributed by atoms with Crippen LogP contribution in [0, 0.1) is 6.92 Å². The third-order valence-corrected chi connectivity index (χ3v) is 4.29. The van der Waals surface area contributed by atoms with Crippen LogP contribution in [-0.4, -0.2) is 18.9 Å². The molecule has 0 bridgehead atoms. The van der Waals surface area contributed by atoms with Gasteiger partial charge in [0.2, 0.25) is 5.91 Å². The topological polar surface area (TPSA) is 78.7 Å². The van der Waals surface area contributed by atoms with Gasteiger partial charge in [0.25, 0.3) is 0 Å². The van der Waals surface area contributed by atoms with Gasteiger partial charge in [-0.2, -0.15) is 0 Å². The number of nitrogens with zero attached hydrogens (tertiary/aromatic N) is 1. The molecule has 0 saturated carbocycles. The van der Waals surface area contributed by atoms with Crippen LogP contribution in [0.1, 0.15) is 23.8 Å². The molecule has 0 unspecified atom stereocenters. The third kappa shape index (κ3) is 4.67. The zero-order valence-corrected chi connectivity index (χ0v) is 15.8. The standard InChI is InChI=1S/C21H24N4O2/c1-14-18-9-4-5-10-19(18)27-20(14)13-24-21(22-3)23-12-16-7-6-8-17(11-16)25-15(2)26/h4-11H,12-13H2,1-3H3,(H,25,26)(H2,22,23,24). The van der Waals surface area contributed by atoms with Gasteiger partial charge < -0.3 is 20.4 Å². The van der Waals surface area contributed by atoms with Crippen molar-refractivity contribution in [1.29, 1.82) is 0 Å². The SMILES string of the molecule is CN=C(NCc1cccc(NC(C)=O)c1)NCc1oc2ccccc2c1C. The third-order valence-electron chi connectivity index (χ3n) is 4.29. The normalized spacial score (nSPS) is 11.4. The quantitative estimate of drug-likeness (QED) is 0.478. The lowest BCUT2D eigenvalue weighted by atomic mass is 10.1. The zero-order chi connectivity index (χ0) is 19.2. The maximum atomic E-state index is 11.2. The molecule has 3 rings (SSSR count). The Hall–Kier alpha value is -3.28. The number of furan rings is 1. The average Bonchev–Trinajstić information content (AvgIpc) is 2.98. The van der Waals surface area contributed by atoms with Crippen LogP contribution in [0.2, 0.25) is 0 Å². The fraction of sp³-hybridized carbons (Fsp3) is 0.238. The second-order valence-electron chi connectivity index (χ2n) is 6.31. The Kier molecular flexibility index (Phi) is 5.76. The molecule has 1 heterocycles. The predicted octanol–water partition coefficient (Wildman–Crippen LogP) is 3.56. The molecular formula is C21H24N4O2. The predicted molar refractivity (Wildman–Crippen MR) is 109 cm³/mol. The first-order chi connectivity index (χ1) is 13.1. The molecule has 0 aliphatic heterocycles. The van der Waals surface area contributed by atoms with Crippen molar-refractivity contribution >= 4 is 28.5 Å². The minimum Gasteiger partial charge on any atom is -0.459 e. The smallest absolute Gasteiger partial charge is 0.221 e. The van der Waals surface area contributed by atoms with Gasteiger partial charge in [0, 0.05) is 37.2 Å². The highest BCUT2D eigenvalue weighted by atomic mass is 16.3. The lowest BCUT2D eigenvalue weighted by molar-refractivity contribution is -0.114. The summed E-state index contributed by atoms with van der Waals surface area (Å²) in [7, 11) is 1.73. The molecule has 0 spiro atoms. The van der Waals surface area contributed by atoms with Crippen molar-refractivity contribution in [3.63, 3.8) is 0 Å².